The summed E-state index contributed by atoms with van der Waals surface area (Å²) in [5.41, 5.74) is 0. The van der Waals surface area contributed by atoms with E-state index in [1.165, 1.54) is 0 Å². The lowest BCUT2D eigenvalue weighted by molar-refractivity contribution is 0.0504. The number of phosphoric acid groups is 1. The van der Waals surface area contributed by atoms with Crippen molar-refractivity contribution in [2.24, 2.45) is 0 Å². The third kappa shape index (κ3) is 19.2. The Morgan fingerprint density at radius 2 is 1.15 bits per heavy atom. The Balaban J connectivity index is 0. The third-order valence-corrected chi connectivity index (χ3v) is 1.57. The first-order chi connectivity index (χ1) is 5.72. The SMILES string of the molecule is O=P(O)(O)O.OC(CS)C(O)CS. The van der Waals surface area contributed by atoms with Crippen LogP contribution in [0.1, 0.15) is 0 Å². The molecule has 0 radical (unpaired) electrons. The molecule has 5 N–H and O–H groups in total. The molecule has 0 fully saturated rings. The van der Waals surface area contributed by atoms with E-state index in [1.54, 1.807) is 0 Å². The molecule has 0 amide bonds. The standard InChI is InChI=1S/C4H10O2S2.H3O4P/c5-3(1-7)4(6)2-8;1-5(2,3)4/h3-8H,1-2H2;(H3,1,2,3,4). The summed E-state index contributed by atoms with van der Waals surface area (Å²) in [5.74, 6) is 0.559. The molecule has 2 atom stereocenters. The van der Waals surface area contributed by atoms with Crippen LogP contribution in [0.2, 0.25) is 0 Å². The fourth-order valence-electron chi connectivity index (χ4n) is 0.243. The molecule has 0 aromatic rings. The summed E-state index contributed by atoms with van der Waals surface area (Å²) in [5, 5.41) is 17.5. The number of rotatable bonds is 3. The second-order valence-electron chi connectivity index (χ2n) is 2.01. The molecule has 0 saturated carbocycles. The van der Waals surface area contributed by atoms with Crippen molar-refractivity contribution in [3.8, 4) is 0 Å². The summed E-state index contributed by atoms with van der Waals surface area (Å²) in [7, 11) is -4.64. The highest BCUT2D eigenvalue weighted by Crippen LogP contribution is 2.25. The fraction of sp³-hybridized carbons (Fsp3) is 1.00. The normalized spacial score (nSPS) is 15.6. The second-order valence-corrected chi connectivity index (χ2v) is 3.77. The van der Waals surface area contributed by atoms with Crippen molar-refractivity contribution in [1.82, 2.24) is 0 Å². The van der Waals surface area contributed by atoms with Gasteiger partial charge in [-0.1, -0.05) is 0 Å². The molecule has 0 bridgehead atoms. The van der Waals surface area contributed by atoms with Crippen LogP contribution >= 0.6 is 33.1 Å². The fourth-order valence-corrected chi connectivity index (χ4v) is 0.730. The van der Waals surface area contributed by atoms with Crippen molar-refractivity contribution >= 4 is 33.1 Å². The van der Waals surface area contributed by atoms with Crippen LogP contribution in [0.5, 0.6) is 0 Å². The van der Waals surface area contributed by atoms with Crippen LogP contribution < -0.4 is 0 Å². The zero-order valence-corrected chi connectivity index (χ0v) is 9.24. The molecule has 13 heavy (non-hydrogen) atoms. The van der Waals surface area contributed by atoms with Crippen LogP contribution in [-0.2, 0) is 4.57 Å². The molecule has 2 unspecified atom stereocenters. The van der Waals surface area contributed by atoms with E-state index in [-0.39, 0.29) is 11.5 Å². The Bertz CT molecular complexity index is 144. The Morgan fingerprint density at radius 1 is 1.00 bits per heavy atom. The van der Waals surface area contributed by atoms with E-state index >= 15 is 0 Å². The van der Waals surface area contributed by atoms with Gasteiger partial charge < -0.3 is 24.9 Å². The minimum Gasteiger partial charge on any atom is -0.390 e. The van der Waals surface area contributed by atoms with Gasteiger partial charge in [0.05, 0.1) is 12.2 Å². The van der Waals surface area contributed by atoms with Crippen LogP contribution in [0, 0.1) is 0 Å². The lowest BCUT2D eigenvalue weighted by Gasteiger charge is -2.11. The predicted octanol–water partition coefficient (Wildman–Crippen LogP) is -1.36. The maximum Gasteiger partial charge on any atom is 0.466 e. The summed E-state index contributed by atoms with van der Waals surface area (Å²) in [6, 6.07) is 0. The van der Waals surface area contributed by atoms with Gasteiger partial charge in [-0.3, -0.25) is 0 Å². The van der Waals surface area contributed by atoms with Gasteiger partial charge in [0.2, 0.25) is 0 Å². The molecule has 82 valence electrons. The van der Waals surface area contributed by atoms with E-state index in [0.717, 1.165) is 0 Å². The van der Waals surface area contributed by atoms with Crippen LogP contribution in [0.15, 0.2) is 0 Å². The molecular weight excluding hydrogens is 239 g/mol. The Morgan fingerprint density at radius 3 is 1.23 bits per heavy atom. The molecule has 0 aromatic carbocycles. The molecule has 0 aliphatic carbocycles. The van der Waals surface area contributed by atoms with Gasteiger partial charge in [-0.05, 0) is 0 Å². The summed E-state index contributed by atoms with van der Waals surface area (Å²) < 4.78 is 8.88. The van der Waals surface area contributed by atoms with E-state index in [1.807, 2.05) is 0 Å². The quantitative estimate of drug-likeness (QED) is 0.246. The van der Waals surface area contributed by atoms with E-state index in [4.69, 9.17) is 29.5 Å². The zero-order chi connectivity index (χ0) is 11.1. The zero-order valence-electron chi connectivity index (χ0n) is 6.55. The van der Waals surface area contributed by atoms with Crippen molar-refractivity contribution < 1.29 is 29.5 Å². The van der Waals surface area contributed by atoms with Gasteiger partial charge in [-0.2, -0.15) is 25.3 Å². The van der Waals surface area contributed by atoms with Crippen LogP contribution in [0.4, 0.5) is 0 Å². The molecule has 0 saturated heterocycles. The third-order valence-electron chi connectivity index (χ3n) is 0.818. The van der Waals surface area contributed by atoms with E-state index in [0.29, 0.717) is 0 Å². The molecule has 0 spiro atoms. The lowest BCUT2D eigenvalue weighted by Crippen LogP contribution is -2.28. The van der Waals surface area contributed by atoms with E-state index in [2.05, 4.69) is 25.3 Å². The van der Waals surface area contributed by atoms with Crippen molar-refractivity contribution in [3.05, 3.63) is 0 Å². The average Bonchev–Trinajstić information content (AvgIpc) is 1.98. The highest BCUT2D eigenvalue weighted by atomic mass is 32.1. The van der Waals surface area contributed by atoms with Gasteiger partial charge in [-0.15, -0.1) is 0 Å². The molecule has 0 aliphatic rings. The first kappa shape index (κ1) is 16.2. The van der Waals surface area contributed by atoms with E-state index < -0.39 is 20.0 Å². The highest BCUT2D eigenvalue weighted by molar-refractivity contribution is 7.80. The minimum atomic E-state index is -4.64. The first-order valence-corrected chi connectivity index (χ1v) is 5.91. The van der Waals surface area contributed by atoms with Crippen molar-refractivity contribution in [2.45, 2.75) is 12.2 Å². The summed E-state index contributed by atoms with van der Waals surface area (Å²) >= 11 is 7.53. The van der Waals surface area contributed by atoms with Crippen LogP contribution in [0.3, 0.4) is 0 Å². The number of hydrogen-bond donors (Lipinski definition) is 7. The average molecular weight is 252 g/mol. The molecular formula is C4H13O6PS2. The maximum absolute atomic E-state index is 8.88. The van der Waals surface area contributed by atoms with Crippen molar-refractivity contribution in [2.75, 3.05) is 11.5 Å². The van der Waals surface area contributed by atoms with Crippen molar-refractivity contribution in [3.63, 3.8) is 0 Å². The van der Waals surface area contributed by atoms with Crippen LogP contribution in [-0.4, -0.2) is 48.6 Å². The second kappa shape index (κ2) is 8.07. The molecule has 0 aliphatic heterocycles. The summed E-state index contributed by atoms with van der Waals surface area (Å²) in [6.45, 7) is 0. The monoisotopic (exact) mass is 252 g/mol. The molecule has 0 rings (SSSR count). The van der Waals surface area contributed by atoms with Gasteiger partial charge >= 0.3 is 7.82 Å². The first-order valence-electron chi connectivity index (χ1n) is 3.08. The largest absolute Gasteiger partial charge is 0.466 e. The van der Waals surface area contributed by atoms with Crippen molar-refractivity contribution in [1.29, 1.82) is 0 Å². The minimum absolute atomic E-state index is 0.279. The van der Waals surface area contributed by atoms with E-state index in [9.17, 15) is 0 Å². The number of aliphatic hydroxyl groups is 2. The maximum atomic E-state index is 8.88. The summed E-state index contributed by atoms with van der Waals surface area (Å²) in [6.07, 6.45) is -1.48. The smallest absolute Gasteiger partial charge is 0.390 e. The predicted molar refractivity (Wildman–Crippen MR) is 54.0 cm³/mol. The Labute approximate surface area is 86.7 Å². The van der Waals surface area contributed by atoms with Gasteiger partial charge in [0.1, 0.15) is 0 Å². The lowest BCUT2D eigenvalue weighted by atomic mass is 10.3. The Kier molecular flexibility index (Phi) is 10.0. The van der Waals surface area contributed by atoms with Gasteiger partial charge in [0.15, 0.2) is 0 Å². The molecule has 9 heteroatoms. The number of thiol groups is 2. The number of aliphatic hydroxyl groups excluding tert-OH is 2. The topological polar surface area (TPSA) is 118 Å². The highest BCUT2D eigenvalue weighted by Gasteiger charge is 2.10. The van der Waals surface area contributed by atoms with Gasteiger partial charge in [0, 0.05) is 11.5 Å². The Hall–Kier alpha value is 0.730. The van der Waals surface area contributed by atoms with Gasteiger partial charge in [-0.25, -0.2) is 4.57 Å². The van der Waals surface area contributed by atoms with Crippen LogP contribution in [0.25, 0.3) is 0 Å². The summed E-state index contributed by atoms with van der Waals surface area (Å²) in [4.78, 5) is 21.6. The molecule has 0 aromatic heterocycles. The van der Waals surface area contributed by atoms with Gasteiger partial charge in [0.25, 0.3) is 0 Å². The molecule has 6 nitrogen and oxygen atoms in total. The molecule has 0 heterocycles. The number of hydrogen-bond acceptors (Lipinski definition) is 5.